The normalized spacial score (nSPS) is 10.3. The molecule has 0 atom stereocenters. The van der Waals surface area contributed by atoms with Crippen molar-refractivity contribution in [2.24, 2.45) is 0 Å². The lowest BCUT2D eigenvalue weighted by Crippen LogP contribution is -2.09. The number of hydrogen-bond acceptors (Lipinski definition) is 4. The van der Waals surface area contributed by atoms with Crippen LogP contribution in [-0.4, -0.2) is 16.3 Å². The minimum atomic E-state index is 0.439. The molecular weight excluding hydrogens is 204 g/mol. The maximum atomic E-state index is 5.79. The molecule has 0 amide bonds. The van der Waals surface area contributed by atoms with Crippen LogP contribution >= 0.6 is 0 Å². The summed E-state index contributed by atoms with van der Waals surface area (Å²) in [6.45, 7) is 2.57. The standard InChI is InChI=1S/C11H14N4O/c1-2-16-9-5-3-4-8(6-9)10-11(12)15(13)7-14-10/h3-7H,2,12-13H2,1H3. The van der Waals surface area contributed by atoms with E-state index in [1.165, 1.54) is 11.0 Å². The monoisotopic (exact) mass is 218 g/mol. The third kappa shape index (κ3) is 1.79. The summed E-state index contributed by atoms with van der Waals surface area (Å²) in [5.74, 6) is 6.81. The highest BCUT2D eigenvalue weighted by Crippen LogP contribution is 2.26. The second kappa shape index (κ2) is 4.14. The highest BCUT2D eigenvalue weighted by molar-refractivity contribution is 5.71. The molecule has 84 valence electrons. The molecule has 0 saturated carbocycles. The van der Waals surface area contributed by atoms with Gasteiger partial charge < -0.3 is 16.3 Å². The molecule has 5 heteroatoms. The van der Waals surface area contributed by atoms with Gasteiger partial charge in [0.25, 0.3) is 0 Å². The molecular formula is C11H14N4O. The number of anilines is 1. The SMILES string of the molecule is CCOc1cccc(-c2ncn(N)c2N)c1. The van der Waals surface area contributed by atoms with Gasteiger partial charge in [0.05, 0.1) is 6.61 Å². The van der Waals surface area contributed by atoms with E-state index in [1.807, 2.05) is 31.2 Å². The zero-order chi connectivity index (χ0) is 11.5. The summed E-state index contributed by atoms with van der Waals surface area (Å²) in [5.41, 5.74) is 7.36. The molecule has 0 saturated heterocycles. The van der Waals surface area contributed by atoms with E-state index in [0.717, 1.165) is 11.3 Å². The Morgan fingerprint density at radius 3 is 2.88 bits per heavy atom. The predicted octanol–water partition coefficient (Wildman–Crippen LogP) is 1.24. The maximum Gasteiger partial charge on any atom is 0.150 e. The Balaban J connectivity index is 2.40. The topological polar surface area (TPSA) is 79.1 Å². The first-order chi connectivity index (χ1) is 7.72. The van der Waals surface area contributed by atoms with Crippen molar-refractivity contribution in [3.05, 3.63) is 30.6 Å². The van der Waals surface area contributed by atoms with Gasteiger partial charge in [0.15, 0.2) is 0 Å². The van der Waals surface area contributed by atoms with Gasteiger partial charge in [-0.05, 0) is 19.1 Å². The van der Waals surface area contributed by atoms with E-state index in [4.69, 9.17) is 16.3 Å². The first-order valence-electron chi connectivity index (χ1n) is 5.03. The van der Waals surface area contributed by atoms with E-state index in [9.17, 15) is 0 Å². The third-order valence-electron chi connectivity index (χ3n) is 2.25. The van der Waals surface area contributed by atoms with Gasteiger partial charge in [0, 0.05) is 5.56 Å². The van der Waals surface area contributed by atoms with Gasteiger partial charge in [0.1, 0.15) is 23.6 Å². The van der Waals surface area contributed by atoms with Crippen LogP contribution in [0.15, 0.2) is 30.6 Å². The lowest BCUT2D eigenvalue weighted by atomic mass is 10.1. The number of rotatable bonds is 3. The van der Waals surface area contributed by atoms with E-state index in [1.54, 1.807) is 0 Å². The van der Waals surface area contributed by atoms with Crippen LogP contribution in [0, 0.1) is 0 Å². The number of nitrogens with zero attached hydrogens (tertiary/aromatic N) is 2. The summed E-state index contributed by atoms with van der Waals surface area (Å²) < 4.78 is 6.70. The summed E-state index contributed by atoms with van der Waals surface area (Å²) in [6.07, 6.45) is 1.48. The molecule has 2 aromatic rings. The Hall–Kier alpha value is -2.17. The molecule has 1 aromatic heterocycles. The fraction of sp³-hybridized carbons (Fsp3) is 0.182. The molecule has 0 spiro atoms. The minimum Gasteiger partial charge on any atom is -0.494 e. The third-order valence-corrected chi connectivity index (χ3v) is 2.25. The molecule has 0 aliphatic carbocycles. The van der Waals surface area contributed by atoms with Gasteiger partial charge >= 0.3 is 0 Å². The van der Waals surface area contributed by atoms with Crippen molar-refractivity contribution in [3.8, 4) is 17.0 Å². The molecule has 1 aromatic carbocycles. The van der Waals surface area contributed by atoms with Crippen LogP contribution in [0.25, 0.3) is 11.3 Å². The van der Waals surface area contributed by atoms with Gasteiger partial charge in [0.2, 0.25) is 0 Å². The van der Waals surface area contributed by atoms with E-state index < -0.39 is 0 Å². The van der Waals surface area contributed by atoms with Crippen LogP contribution in [0.1, 0.15) is 6.92 Å². The Morgan fingerprint density at radius 2 is 2.25 bits per heavy atom. The van der Waals surface area contributed by atoms with Crippen LogP contribution in [0.3, 0.4) is 0 Å². The summed E-state index contributed by atoms with van der Waals surface area (Å²) >= 11 is 0. The summed E-state index contributed by atoms with van der Waals surface area (Å²) in [5, 5.41) is 0. The molecule has 0 radical (unpaired) electrons. The Labute approximate surface area is 93.6 Å². The van der Waals surface area contributed by atoms with Crippen molar-refractivity contribution < 1.29 is 4.74 Å². The number of aromatic nitrogens is 2. The van der Waals surface area contributed by atoms with Crippen LogP contribution in [0.2, 0.25) is 0 Å². The maximum absolute atomic E-state index is 5.79. The molecule has 0 unspecified atom stereocenters. The molecule has 16 heavy (non-hydrogen) atoms. The van der Waals surface area contributed by atoms with Crippen molar-refractivity contribution in [3.63, 3.8) is 0 Å². The van der Waals surface area contributed by atoms with Crippen molar-refractivity contribution >= 4 is 5.82 Å². The van der Waals surface area contributed by atoms with Crippen molar-refractivity contribution in [2.75, 3.05) is 18.2 Å². The number of imidazole rings is 1. The largest absolute Gasteiger partial charge is 0.494 e. The van der Waals surface area contributed by atoms with Crippen molar-refractivity contribution in [1.82, 2.24) is 9.66 Å². The molecule has 5 nitrogen and oxygen atoms in total. The van der Waals surface area contributed by atoms with Gasteiger partial charge in [-0.2, -0.15) is 0 Å². The smallest absolute Gasteiger partial charge is 0.150 e. The second-order valence-corrected chi connectivity index (χ2v) is 3.35. The number of nitrogen functional groups attached to an aromatic ring is 2. The zero-order valence-corrected chi connectivity index (χ0v) is 9.05. The van der Waals surface area contributed by atoms with Crippen molar-refractivity contribution in [1.29, 1.82) is 0 Å². The fourth-order valence-corrected chi connectivity index (χ4v) is 1.49. The van der Waals surface area contributed by atoms with Gasteiger partial charge in [-0.25, -0.2) is 9.66 Å². The number of nitrogens with two attached hydrogens (primary N) is 2. The van der Waals surface area contributed by atoms with Crippen LogP contribution in [0.4, 0.5) is 5.82 Å². The first kappa shape index (κ1) is 10.4. The van der Waals surface area contributed by atoms with Gasteiger partial charge in [-0.3, -0.25) is 0 Å². The molecule has 1 heterocycles. The highest BCUT2D eigenvalue weighted by Gasteiger charge is 2.08. The molecule has 0 aliphatic heterocycles. The fourth-order valence-electron chi connectivity index (χ4n) is 1.49. The van der Waals surface area contributed by atoms with E-state index in [0.29, 0.717) is 18.1 Å². The molecule has 4 N–H and O–H groups in total. The van der Waals surface area contributed by atoms with Gasteiger partial charge in [-0.1, -0.05) is 12.1 Å². The Bertz CT molecular complexity index is 492. The minimum absolute atomic E-state index is 0.439. The molecule has 0 aliphatic rings. The van der Waals surface area contributed by atoms with E-state index in [2.05, 4.69) is 4.98 Å². The van der Waals surface area contributed by atoms with Crippen LogP contribution < -0.4 is 16.3 Å². The van der Waals surface area contributed by atoms with Crippen molar-refractivity contribution in [2.45, 2.75) is 6.92 Å². The predicted molar refractivity (Wildman–Crippen MR) is 63.4 cm³/mol. The quantitative estimate of drug-likeness (QED) is 0.760. The lowest BCUT2D eigenvalue weighted by Gasteiger charge is -2.05. The second-order valence-electron chi connectivity index (χ2n) is 3.35. The summed E-state index contributed by atoms with van der Waals surface area (Å²) in [4.78, 5) is 4.14. The average molecular weight is 218 g/mol. The highest BCUT2D eigenvalue weighted by atomic mass is 16.5. The average Bonchev–Trinajstić information content (AvgIpc) is 2.61. The van der Waals surface area contributed by atoms with E-state index in [-0.39, 0.29) is 0 Å². The molecule has 0 bridgehead atoms. The first-order valence-corrected chi connectivity index (χ1v) is 5.03. The Kier molecular flexibility index (Phi) is 2.68. The molecule has 0 fully saturated rings. The summed E-state index contributed by atoms with van der Waals surface area (Å²) in [6, 6.07) is 7.60. The molecule has 2 rings (SSSR count). The van der Waals surface area contributed by atoms with Crippen LogP contribution in [0.5, 0.6) is 5.75 Å². The zero-order valence-electron chi connectivity index (χ0n) is 9.05. The number of benzene rings is 1. The number of ether oxygens (including phenoxy) is 1. The van der Waals surface area contributed by atoms with Gasteiger partial charge in [-0.15, -0.1) is 0 Å². The number of hydrogen-bond donors (Lipinski definition) is 2. The van der Waals surface area contributed by atoms with Crippen LogP contribution in [-0.2, 0) is 0 Å². The lowest BCUT2D eigenvalue weighted by molar-refractivity contribution is 0.340. The summed E-state index contributed by atoms with van der Waals surface area (Å²) in [7, 11) is 0. The van der Waals surface area contributed by atoms with E-state index >= 15 is 0 Å². The Morgan fingerprint density at radius 1 is 1.44 bits per heavy atom.